The summed E-state index contributed by atoms with van der Waals surface area (Å²) in [4.78, 5) is 61.3. The third-order valence-electron chi connectivity index (χ3n) is 4.54. The number of amides is 3. The van der Waals surface area contributed by atoms with E-state index in [9.17, 15) is 24.0 Å². The summed E-state index contributed by atoms with van der Waals surface area (Å²) in [6.45, 7) is 6.57. The lowest BCUT2D eigenvalue weighted by Crippen LogP contribution is -2.55. The highest BCUT2D eigenvalue weighted by Gasteiger charge is 2.30. The van der Waals surface area contributed by atoms with Gasteiger partial charge in [0, 0.05) is 33.1 Å². The molecule has 0 aromatic heterocycles. The van der Waals surface area contributed by atoms with Gasteiger partial charge in [0.25, 0.3) is 0 Å². The Morgan fingerprint density at radius 2 is 1.45 bits per heavy atom. The van der Waals surface area contributed by atoms with Crippen LogP contribution in [0.15, 0.2) is 30.3 Å². The summed E-state index contributed by atoms with van der Waals surface area (Å²) >= 11 is 1.78. The van der Waals surface area contributed by atoms with Gasteiger partial charge in [-0.15, -0.1) is 0 Å². The molecule has 0 bridgehead atoms. The van der Waals surface area contributed by atoms with Crippen molar-refractivity contribution in [2.24, 2.45) is 5.92 Å². The third kappa shape index (κ3) is 11.4. The fraction of sp³-hybridized carbons (Fsp3) is 0.522. The summed E-state index contributed by atoms with van der Waals surface area (Å²) in [5.41, 5.74) is 0.884. The molecule has 0 radical (unpaired) electrons. The Labute approximate surface area is 203 Å². The molecule has 10 heteroatoms. The molecule has 0 saturated heterocycles. The number of thioether (sulfide) groups is 2. The summed E-state index contributed by atoms with van der Waals surface area (Å²) < 4.78 is 0. The number of hydrogen-bond donors (Lipinski definition) is 3. The zero-order valence-electron chi connectivity index (χ0n) is 19.7. The Kier molecular flexibility index (Phi) is 12.8. The van der Waals surface area contributed by atoms with Gasteiger partial charge >= 0.3 is 0 Å². The molecule has 0 spiro atoms. The van der Waals surface area contributed by atoms with Crippen LogP contribution in [0.4, 0.5) is 0 Å². The van der Waals surface area contributed by atoms with Crippen LogP contribution in [0.3, 0.4) is 0 Å². The average Bonchev–Trinajstić information content (AvgIpc) is 2.75. The Hall–Kier alpha value is -2.33. The molecule has 0 aliphatic carbocycles. The first-order valence-electron chi connectivity index (χ1n) is 10.7. The second-order valence-electron chi connectivity index (χ2n) is 7.96. The average molecular weight is 496 g/mol. The van der Waals surface area contributed by atoms with Gasteiger partial charge < -0.3 is 16.0 Å². The molecule has 1 aromatic rings. The molecular formula is C23H33N3O5S2. The van der Waals surface area contributed by atoms with Gasteiger partial charge in [0.2, 0.25) is 17.7 Å². The lowest BCUT2D eigenvalue weighted by Gasteiger charge is -2.25. The van der Waals surface area contributed by atoms with E-state index in [0.29, 0.717) is 12.8 Å². The molecule has 0 heterocycles. The minimum absolute atomic E-state index is 0.0825. The second-order valence-corrected chi connectivity index (χ2v) is 10.5. The topological polar surface area (TPSA) is 121 Å². The monoisotopic (exact) mass is 495 g/mol. The highest BCUT2D eigenvalue weighted by molar-refractivity contribution is 8.17. The van der Waals surface area contributed by atoms with Gasteiger partial charge in [-0.3, -0.25) is 24.0 Å². The summed E-state index contributed by atoms with van der Waals surface area (Å²) in [6.07, 6.45) is 0.646. The van der Waals surface area contributed by atoms with Crippen molar-refractivity contribution < 1.29 is 24.0 Å². The minimum Gasteiger partial charge on any atom is -0.357 e. The number of benzene rings is 1. The fourth-order valence-electron chi connectivity index (χ4n) is 3.03. The van der Waals surface area contributed by atoms with Crippen molar-refractivity contribution in [3.8, 4) is 0 Å². The van der Waals surface area contributed by atoms with Gasteiger partial charge in [-0.2, -0.15) is 0 Å². The lowest BCUT2D eigenvalue weighted by molar-refractivity contribution is -0.132. The van der Waals surface area contributed by atoms with E-state index in [1.54, 1.807) is 0 Å². The van der Waals surface area contributed by atoms with Crippen LogP contribution in [0.1, 0.15) is 39.7 Å². The van der Waals surface area contributed by atoms with E-state index < -0.39 is 29.1 Å². The molecule has 0 aliphatic rings. The first kappa shape index (κ1) is 28.7. The number of rotatable bonds is 12. The molecule has 8 nitrogen and oxygen atoms in total. The maximum Gasteiger partial charge on any atom is 0.243 e. The van der Waals surface area contributed by atoms with Crippen LogP contribution >= 0.6 is 23.5 Å². The Bertz CT molecular complexity index is 833. The van der Waals surface area contributed by atoms with Gasteiger partial charge in [0.15, 0.2) is 10.2 Å². The van der Waals surface area contributed by atoms with E-state index in [-0.39, 0.29) is 27.8 Å². The predicted molar refractivity (Wildman–Crippen MR) is 133 cm³/mol. The van der Waals surface area contributed by atoms with Gasteiger partial charge in [0.05, 0.1) is 0 Å². The van der Waals surface area contributed by atoms with E-state index in [1.807, 2.05) is 44.2 Å². The third-order valence-corrected chi connectivity index (χ3v) is 6.66. The van der Waals surface area contributed by atoms with Crippen molar-refractivity contribution >= 4 is 51.5 Å². The summed E-state index contributed by atoms with van der Waals surface area (Å²) in [7, 11) is 1.50. The summed E-state index contributed by atoms with van der Waals surface area (Å²) in [6, 6.07) is 7.60. The van der Waals surface area contributed by atoms with Crippen LogP contribution in [0, 0.1) is 5.92 Å². The van der Waals surface area contributed by atoms with Crippen LogP contribution < -0.4 is 16.0 Å². The molecule has 3 N–H and O–H groups in total. The molecule has 1 unspecified atom stereocenters. The van der Waals surface area contributed by atoms with E-state index in [2.05, 4.69) is 16.0 Å². The maximum atomic E-state index is 13.1. The van der Waals surface area contributed by atoms with Crippen molar-refractivity contribution in [3.05, 3.63) is 35.9 Å². The second kappa shape index (κ2) is 14.7. The lowest BCUT2D eigenvalue weighted by atomic mass is 10.0. The molecule has 0 aliphatic heterocycles. The molecule has 3 amide bonds. The SMILES string of the molecule is CNC(=O)[C@H](Cc1ccccc1)NC(=O)[C@H](CC(C)C)NC(=O)C(CSC(C)=O)SC(C)=O. The van der Waals surface area contributed by atoms with Crippen molar-refractivity contribution in [1.82, 2.24) is 16.0 Å². The first-order valence-corrected chi connectivity index (χ1v) is 12.6. The molecule has 182 valence electrons. The van der Waals surface area contributed by atoms with Crippen molar-refractivity contribution in [1.29, 1.82) is 0 Å². The van der Waals surface area contributed by atoms with E-state index in [1.165, 1.54) is 20.9 Å². The van der Waals surface area contributed by atoms with E-state index in [4.69, 9.17) is 0 Å². The largest absolute Gasteiger partial charge is 0.357 e. The molecule has 1 aromatic carbocycles. The Morgan fingerprint density at radius 1 is 0.848 bits per heavy atom. The molecule has 1 rings (SSSR count). The van der Waals surface area contributed by atoms with E-state index in [0.717, 1.165) is 29.1 Å². The zero-order chi connectivity index (χ0) is 25.0. The number of carbonyl (C=O) groups is 5. The number of hydrogen-bond acceptors (Lipinski definition) is 7. The summed E-state index contributed by atoms with van der Waals surface area (Å²) in [5, 5.41) is 6.81. The van der Waals surface area contributed by atoms with Crippen molar-refractivity contribution in [2.75, 3.05) is 12.8 Å². The van der Waals surface area contributed by atoms with Crippen LogP contribution in [0.2, 0.25) is 0 Å². The summed E-state index contributed by atoms with van der Waals surface area (Å²) in [5.74, 6) is -1.11. The quantitative estimate of drug-likeness (QED) is 0.405. The Balaban J connectivity index is 2.99. The predicted octanol–water partition coefficient (Wildman–Crippen LogP) is 1.92. The van der Waals surface area contributed by atoms with Gasteiger partial charge in [0.1, 0.15) is 17.3 Å². The van der Waals surface area contributed by atoms with Crippen LogP contribution in [0.5, 0.6) is 0 Å². The zero-order valence-corrected chi connectivity index (χ0v) is 21.3. The molecule has 0 fully saturated rings. The fourth-order valence-corrected chi connectivity index (χ4v) is 4.62. The van der Waals surface area contributed by atoms with Gasteiger partial charge in [-0.05, 0) is 17.9 Å². The normalized spacial score (nSPS) is 13.5. The highest BCUT2D eigenvalue weighted by Crippen LogP contribution is 2.19. The molecule has 0 saturated carbocycles. The first-order chi connectivity index (χ1) is 15.5. The smallest absolute Gasteiger partial charge is 0.243 e. The molecule has 3 atom stereocenters. The van der Waals surface area contributed by atoms with E-state index >= 15 is 0 Å². The Morgan fingerprint density at radius 3 is 1.97 bits per heavy atom. The van der Waals surface area contributed by atoms with Crippen LogP contribution in [-0.4, -0.2) is 58.1 Å². The number of likely N-dealkylation sites (N-methyl/N-ethyl adjacent to an activating group) is 1. The van der Waals surface area contributed by atoms with Crippen molar-refractivity contribution in [2.45, 2.75) is 57.9 Å². The van der Waals surface area contributed by atoms with Gasteiger partial charge in [-0.25, -0.2) is 0 Å². The van der Waals surface area contributed by atoms with Gasteiger partial charge in [-0.1, -0.05) is 67.7 Å². The van der Waals surface area contributed by atoms with Crippen molar-refractivity contribution in [3.63, 3.8) is 0 Å². The van der Waals surface area contributed by atoms with Crippen LogP contribution in [-0.2, 0) is 30.4 Å². The minimum atomic E-state index is -0.891. The highest BCUT2D eigenvalue weighted by atomic mass is 32.2. The molecular weight excluding hydrogens is 462 g/mol. The van der Waals surface area contributed by atoms with Crippen LogP contribution in [0.25, 0.3) is 0 Å². The number of carbonyl (C=O) groups excluding carboxylic acids is 5. The molecule has 33 heavy (non-hydrogen) atoms. The standard InChI is InChI=1S/C23H33N3O5S2/c1-14(2)11-18(26-23(31)20(33-16(4)28)13-32-15(3)27)22(30)25-19(21(29)24-5)12-17-9-7-6-8-10-17/h6-10,14,18-20H,11-13H2,1-5H3,(H,24,29)(H,25,30)(H,26,31)/t18-,19-,20?/m0/s1. The maximum absolute atomic E-state index is 13.1. The number of nitrogens with one attached hydrogen (secondary N) is 3.